The van der Waals surface area contributed by atoms with Gasteiger partial charge in [-0.15, -0.1) is 0 Å². The van der Waals surface area contributed by atoms with Crippen molar-refractivity contribution in [1.82, 2.24) is 15.1 Å². The Bertz CT molecular complexity index is 303. The van der Waals surface area contributed by atoms with Crippen LogP contribution >= 0.6 is 0 Å². The predicted molar refractivity (Wildman–Crippen MR) is 88.3 cm³/mol. The van der Waals surface area contributed by atoms with Gasteiger partial charge in [0, 0.05) is 26.2 Å². The molecule has 1 unspecified atom stereocenters. The van der Waals surface area contributed by atoms with E-state index in [1.54, 1.807) is 0 Å². The number of rotatable bonds is 10. The summed E-state index contributed by atoms with van der Waals surface area (Å²) in [4.78, 5) is 16.7. The monoisotopic (exact) mass is 298 g/mol. The molecule has 0 aliphatic carbocycles. The van der Waals surface area contributed by atoms with Crippen LogP contribution < -0.4 is 11.1 Å². The van der Waals surface area contributed by atoms with Gasteiger partial charge in [-0.1, -0.05) is 13.8 Å². The van der Waals surface area contributed by atoms with Gasteiger partial charge < -0.3 is 20.9 Å². The van der Waals surface area contributed by atoms with Gasteiger partial charge in [-0.2, -0.15) is 0 Å². The second-order valence-electron chi connectivity index (χ2n) is 6.36. The Balaban J connectivity index is 2.21. The van der Waals surface area contributed by atoms with Crippen LogP contribution in [0, 0.1) is 0 Å². The van der Waals surface area contributed by atoms with Gasteiger partial charge in [-0.3, -0.25) is 4.79 Å². The number of nitrogens with two attached hydrogens (primary N) is 1. The zero-order chi connectivity index (χ0) is 15.7. The molecule has 1 heterocycles. The van der Waals surface area contributed by atoms with Crippen molar-refractivity contribution in [2.24, 2.45) is 5.73 Å². The van der Waals surface area contributed by atoms with Crippen molar-refractivity contribution in [3.8, 4) is 0 Å². The summed E-state index contributed by atoms with van der Waals surface area (Å²) in [5.41, 5.74) is 5.01. The molecule has 0 aromatic carbocycles. The molecule has 0 aromatic heterocycles. The molecule has 21 heavy (non-hydrogen) atoms. The Hall–Kier alpha value is -0.650. The number of nitrogens with zero attached hydrogens (tertiary/aromatic N) is 2. The Labute approximate surface area is 130 Å². The van der Waals surface area contributed by atoms with Crippen LogP contribution in [0.3, 0.4) is 0 Å². The maximum Gasteiger partial charge on any atom is 0.237 e. The smallest absolute Gasteiger partial charge is 0.237 e. The minimum absolute atomic E-state index is 0.229. The fourth-order valence-corrected chi connectivity index (χ4v) is 2.84. The van der Waals surface area contributed by atoms with Crippen molar-refractivity contribution in [3.63, 3.8) is 0 Å². The van der Waals surface area contributed by atoms with E-state index in [9.17, 15) is 4.79 Å². The van der Waals surface area contributed by atoms with E-state index in [4.69, 9.17) is 5.73 Å². The highest BCUT2D eigenvalue weighted by Gasteiger charge is 2.29. The summed E-state index contributed by atoms with van der Waals surface area (Å²) in [6.45, 7) is 14.1. The van der Waals surface area contributed by atoms with E-state index >= 15 is 0 Å². The van der Waals surface area contributed by atoms with Gasteiger partial charge in [0.25, 0.3) is 0 Å². The number of primary amides is 1. The lowest BCUT2D eigenvalue weighted by molar-refractivity contribution is -0.124. The van der Waals surface area contributed by atoms with Gasteiger partial charge in [0.15, 0.2) is 0 Å². The second kappa shape index (κ2) is 9.38. The van der Waals surface area contributed by atoms with E-state index in [1.165, 1.54) is 26.2 Å². The highest BCUT2D eigenvalue weighted by molar-refractivity contribution is 5.84. The summed E-state index contributed by atoms with van der Waals surface area (Å²) in [6, 6.07) is 0. The van der Waals surface area contributed by atoms with Crippen molar-refractivity contribution < 1.29 is 4.79 Å². The van der Waals surface area contributed by atoms with Crippen LogP contribution in [0.5, 0.6) is 0 Å². The van der Waals surface area contributed by atoms with Gasteiger partial charge in [0.1, 0.15) is 0 Å². The number of carbonyl (C=O) groups is 1. The van der Waals surface area contributed by atoms with Crippen LogP contribution in [-0.2, 0) is 4.79 Å². The lowest BCUT2D eigenvalue weighted by Crippen LogP contribution is -2.53. The van der Waals surface area contributed by atoms with Crippen molar-refractivity contribution in [2.45, 2.75) is 52.0 Å². The summed E-state index contributed by atoms with van der Waals surface area (Å²) in [7, 11) is 0. The van der Waals surface area contributed by atoms with E-state index in [0.717, 1.165) is 45.3 Å². The van der Waals surface area contributed by atoms with Crippen LogP contribution in [0.25, 0.3) is 0 Å². The highest BCUT2D eigenvalue weighted by Crippen LogP contribution is 2.14. The summed E-state index contributed by atoms with van der Waals surface area (Å²) < 4.78 is 0. The first kappa shape index (κ1) is 18.4. The Morgan fingerprint density at radius 2 is 1.76 bits per heavy atom. The fourth-order valence-electron chi connectivity index (χ4n) is 2.84. The first-order valence-electron chi connectivity index (χ1n) is 8.51. The lowest BCUT2D eigenvalue weighted by Gasteiger charge is -2.34. The van der Waals surface area contributed by atoms with Crippen LogP contribution in [0.15, 0.2) is 0 Å². The average Bonchev–Trinajstić information content (AvgIpc) is 2.50. The fraction of sp³-hybridized carbons (Fsp3) is 0.938. The molecule has 1 rings (SSSR count). The van der Waals surface area contributed by atoms with E-state index in [1.807, 2.05) is 6.92 Å². The number of unbranched alkanes of at least 4 members (excludes halogenated alkanes) is 1. The molecule has 1 aliphatic rings. The van der Waals surface area contributed by atoms with E-state index in [0.29, 0.717) is 0 Å². The molecule has 3 N–H and O–H groups in total. The normalized spacial score (nSPS) is 20.3. The Morgan fingerprint density at radius 1 is 1.14 bits per heavy atom. The van der Waals surface area contributed by atoms with Gasteiger partial charge in [-0.05, 0) is 52.2 Å². The first-order chi connectivity index (χ1) is 10.0. The third kappa shape index (κ3) is 6.32. The summed E-state index contributed by atoms with van der Waals surface area (Å²) in [5, 5.41) is 3.30. The molecule has 1 aliphatic heterocycles. The molecule has 0 aromatic rings. The van der Waals surface area contributed by atoms with Crippen molar-refractivity contribution in [2.75, 3.05) is 45.8 Å². The topological polar surface area (TPSA) is 61.6 Å². The van der Waals surface area contributed by atoms with E-state index < -0.39 is 5.54 Å². The molecule has 1 saturated heterocycles. The largest absolute Gasteiger partial charge is 0.368 e. The molecular formula is C16H34N4O. The number of nitrogens with one attached hydrogen (secondary N) is 1. The average molecular weight is 298 g/mol. The number of piperazine rings is 1. The molecule has 0 radical (unpaired) electrons. The molecule has 5 heteroatoms. The Kier molecular flexibility index (Phi) is 8.22. The minimum Gasteiger partial charge on any atom is -0.368 e. The zero-order valence-electron chi connectivity index (χ0n) is 14.2. The standard InChI is InChI=1S/C16H34N4O/c1-4-9-18-16(3,15(17)21)8-6-7-10-20-13-11-19(5-2)12-14-20/h18H,4-14H2,1-3H3,(H2,17,21). The van der Waals surface area contributed by atoms with Crippen molar-refractivity contribution >= 4 is 5.91 Å². The molecule has 0 spiro atoms. The molecule has 1 amide bonds. The maximum atomic E-state index is 11.6. The molecule has 124 valence electrons. The van der Waals surface area contributed by atoms with Gasteiger partial charge >= 0.3 is 0 Å². The summed E-state index contributed by atoms with van der Waals surface area (Å²) in [5.74, 6) is -0.229. The third-order valence-electron chi connectivity index (χ3n) is 4.62. The molecule has 1 fully saturated rings. The molecule has 5 nitrogen and oxygen atoms in total. The number of amides is 1. The van der Waals surface area contributed by atoms with Crippen LogP contribution in [0.1, 0.15) is 46.5 Å². The second-order valence-corrected chi connectivity index (χ2v) is 6.36. The molecule has 0 saturated carbocycles. The Morgan fingerprint density at radius 3 is 2.29 bits per heavy atom. The SMILES string of the molecule is CCCNC(C)(CCCCN1CCN(CC)CC1)C(N)=O. The highest BCUT2D eigenvalue weighted by atomic mass is 16.1. The maximum absolute atomic E-state index is 11.6. The lowest BCUT2D eigenvalue weighted by atomic mass is 9.93. The van der Waals surface area contributed by atoms with E-state index in [-0.39, 0.29) is 5.91 Å². The minimum atomic E-state index is -0.545. The molecule has 1 atom stereocenters. The van der Waals surface area contributed by atoms with Crippen LogP contribution in [0.2, 0.25) is 0 Å². The quantitative estimate of drug-likeness (QED) is 0.592. The number of carbonyl (C=O) groups excluding carboxylic acids is 1. The predicted octanol–water partition coefficient (Wildman–Crippen LogP) is 1.04. The summed E-state index contributed by atoms with van der Waals surface area (Å²) >= 11 is 0. The van der Waals surface area contributed by atoms with E-state index in [2.05, 4.69) is 29.0 Å². The number of hydrogen-bond donors (Lipinski definition) is 2. The number of hydrogen-bond acceptors (Lipinski definition) is 4. The molecule has 0 bridgehead atoms. The number of likely N-dealkylation sites (N-methyl/N-ethyl adjacent to an activating group) is 1. The van der Waals surface area contributed by atoms with Crippen molar-refractivity contribution in [1.29, 1.82) is 0 Å². The van der Waals surface area contributed by atoms with Gasteiger partial charge in [0.2, 0.25) is 5.91 Å². The first-order valence-corrected chi connectivity index (χ1v) is 8.51. The van der Waals surface area contributed by atoms with Gasteiger partial charge in [0.05, 0.1) is 5.54 Å². The van der Waals surface area contributed by atoms with Gasteiger partial charge in [-0.25, -0.2) is 0 Å². The third-order valence-corrected chi connectivity index (χ3v) is 4.62. The summed E-state index contributed by atoms with van der Waals surface area (Å²) in [6.07, 6.45) is 4.04. The van der Waals surface area contributed by atoms with Crippen LogP contribution in [0.4, 0.5) is 0 Å². The van der Waals surface area contributed by atoms with Crippen molar-refractivity contribution in [3.05, 3.63) is 0 Å². The zero-order valence-corrected chi connectivity index (χ0v) is 14.2. The molecular weight excluding hydrogens is 264 g/mol. The van der Waals surface area contributed by atoms with Crippen LogP contribution in [-0.4, -0.2) is 67.1 Å².